The molecule has 1 aromatic heterocycles. The number of fused-ring (bicyclic) bond motifs is 2. The summed E-state index contributed by atoms with van der Waals surface area (Å²) in [5, 5.41) is 5.97. The standard InChI is InChI=1S/C24H25N3/c1-15-6-12-20-22(14-15)26-23-17(3)16(2)7-13-21(23)24(20)25-18-8-10-19(11-9-18)27(4)5/h6-14H,1-5H3,(H,25,26). The van der Waals surface area contributed by atoms with Crippen LogP contribution in [0.3, 0.4) is 0 Å². The van der Waals surface area contributed by atoms with E-state index in [-0.39, 0.29) is 0 Å². The minimum Gasteiger partial charge on any atom is -0.378 e. The fourth-order valence-corrected chi connectivity index (χ4v) is 3.48. The molecular formula is C24H25N3. The first-order valence-electron chi connectivity index (χ1n) is 9.29. The van der Waals surface area contributed by atoms with Gasteiger partial charge >= 0.3 is 0 Å². The molecule has 0 saturated carbocycles. The summed E-state index contributed by atoms with van der Waals surface area (Å²) >= 11 is 0. The quantitative estimate of drug-likeness (QED) is 0.449. The molecule has 0 amide bonds. The van der Waals surface area contributed by atoms with Gasteiger partial charge in [0.05, 0.1) is 16.7 Å². The molecule has 3 heteroatoms. The molecule has 27 heavy (non-hydrogen) atoms. The molecule has 136 valence electrons. The van der Waals surface area contributed by atoms with Crippen LogP contribution in [0.15, 0.2) is 54.6 Å². The highest BCUT2D eigenvalue weighted by Gasteiger charge is 2.12. The van der Waals surface area contributed by atoms with E-state index in [0.29, 0.717) is 0 Å². The molecule has 3 aromatic carbocycles. The number of hydrogen-bond donors (Lipinski definition) is 1. The fraction of sp³-hybridized carbons (Fsp3) is 0.208. The van der Waals surface area contributed by atoms with Crippen molar-refractivity contribution in [2.75, 3.05) is 24.3 Å². The molecule has 0 atom stereocenters. The summed E-state index contributed by atoms with van der Waals surface area (Å²) < 4.78 is 0. The van der Waals surface area contributed by atoms with Gasteiger partial charge in [0, 0.05) is 36.2 Å². The van der Waals surface area contributed by atoms with Crippen LogP contribution in [0.1, 0.15) is 16.7 Å². The van der Waals surface area contributed by atoms with Crippen molar-refractivity contribution >= 4 is 38.9 Å². The largest absolute Gasteiger partial charge is 0.378 e. The molecule has 4 rings (SSSR count). The van der Waals surface area contributed by atoms with E-state index in [4.69, 9.17) is 4.98 Å². The Hall–Kier alpha value is -3.07. The Bertz CT molecular complexity index is 1140. The van der Waals surface area contributed by atoms with Crippen LogP contribution in [0.5, 0.6) is 0 Å². The molecule has 4 aromatic rings. The Labute approximate surface area is 160 Å². The summed E-state index contributed by atoms with van der Waals surface area (Å²) in [5.74, 6) is 0. The topological polar surface area (TPSA) is 28.2 Å². The summed E-state index contributed by atoms with van der Waals surface area (Å²) in [6, 6.07) is 19.4. The van der Waals surface area contributed by atoms with Gasteiger partial charge in [-0.3, -0.25) is 0 Å². The molecule has 0 unspecified atom stereocenters. The number of nitrogens with zero attached hydrogens (tertiary/aromatic N) is 2. The number of aryl methyl sites for hydroxylation is 3. The number of anilines is 3. The summed E-state index contributed by atoms with van der Waals surface area (Å²) in [6.45, 7) is 6.41. The molecule has 0 spiro atoms. The minimum atomic E-state index is 1.03. The van der Waals surface area contributed by atoms with Gasteiger partial charge in [0.2, 0.25) is 0 Å². The Balaban J connectivity index is 1.94. The van der Waals surface area contributed by atoms with Gasteiger partial charge in [0.25, 0.3) is 0 Å². The first kappa shape index (κ1) is 17.3. The van der Waals surface area contributed by atoms with Crippen LogP contribution in [0.4, 0.5) is 17.1 Å². The number of nitrogens with one attached hydrogen (secondary N) is 1. The molecule has 1 N–H and O–H groups in total. The number of benzene rings is 3. The van der Waals surface area contributed by atoms with E-state index < -0.39 is 0 Å². The lowest BCUT2D eigenvalue weighted by atomic mass is 10.0. The second-order valence-electron chi connectivity index (χ2n) is 7.48. The highest BCUT2D eigenvalue weighted by molar-refractivity contribution is 6.09. The van der Waals surface area contributed by atoms with E-state index in [9.17, 15) is 0 Å². The van der Waals surface area contributed by atoms with Crippen molar-refractivity contribution in [1.29, 1.82) is 0 Å². The maximum Gasteiger partial charge on any atom is 0.0762 e. The van der Waals surface area contributed by atoms with Crippen molar-refractivity contribution in [1.82, 2.24) is 4.98 Å². The van der Waals surface area contributed by atoms with Crippen molar-refractivity contribution in [3.05, 3.63) is 71.3 Å². The molecule has 0 aliphatic heterocycles. The van der Waals surface area contributed by atoms with Gasteiger partial charge in [-0.15, -0.1) is 0 Å². The fourth-order valence-electron chi connectivity index (χ4n) is 3.48. The Kier molecular flexibility index (Phi) is 4.23. The highest BCUT2D eigenvalue weighted by Crippen LogP contribution is 2.35. The molecule has 0 aliphatic carbocycles. The SMILES string of the molecule is Cc1ccc2c(Nc3ccc(N(C)C)cc3)c3ccc(C)c(C)c3nc2c1. The zero-order chi connectivity index (χ0) is 19.1. The van der Waals surface area contributed by atoms with E-state index in [1.54, 1.807) is 0 Å². The van der Waals surface area contributed by atoms with E-state index >= 15 is 0 Å². The third-order valence-corrected chi connectivity index (χ3v) is 5.28. The number of hydrogen-bond acceptors (Lipinski definition) is 3. The highest BCUT2D eigenvalue weighted by atomic mass is 15.1. The third kappa shape index (κ3) is 3.10. The molecule has 1 heterocycles. The Morgan fingerprint density at radius 1 is 0.815 bits per heavy atom. The van der Waals surface area contributed by atoms with Gasteiger partial charge in [-0.25, -0.2) is 4.98 Å². The van der Waals surface area contributed by atoms with Crippen LogP contribution in [-0.4, -0.2) is 19.1 Å². The van der Waals surface area contributed by atoms with Crippen molar-refractivity contribution < 1.29 is 0 Å². The van der Waals surface area contributed by atoms with Gasteiger partial charge < -0.3 is 10.2 Å². The second kappa shape index (κ2) is 6.58. The van der Waals surface area contributed by atoms with Gasteiger partial charge in [-0.05, 0) is 67.8 Å². The first-order valence-corrected chi connectivity index (χ1v) is 9.29. The Morgan fingerprint density at radius 3 is 2.22 bits per heavy atom. The van der Waals surface area contributed by atoms with Crippen molar-refractivity contribution in [2.45, 2.75) is 20.8 Å². The van der Waals surface area contributed by atoms with Crippen molar-refractivity contribution in [3.8, 4) is 0 Å². The van der Waals surface area contributed by atoms with Gasteiger partial charge in [-0.2, -0.15) is 0 Å². The van der Waals surface area contributed by atoms with E-state index in [2.05, 4.69) is 99.7 Å². The van der Waals surface area contributed by atoms with Crippen LogP contribution < -0.4 is 10.2 Å². The van der Waals surface area contributed by atoms with Crippen molar-refractivity contribution in [3.63, 3.8) is 0 Å². The van der Waals surface area contributed by atoms with Crippen LogP contribution in [0, 0.1) is 20.8 Å². The minimum absolute atomic E-state index is 1.03. The maximum atomic E-state index is 4.99. The van der Waals surface area contributed by atoms with Gasteiger partial charge in [0.1, 0.15) is 0 Å². The summed E-state index contributed by atoms with van der Waals surface area (Å²) in [6.07, 6.45) is 0. The number of pyridine rings is 1. The zero-order valence-electron chi connectivity index (χ0n) is 16.6. The van der Waals surface area contributed by atoms with Crippen LogP contribution in [-0.2, 0) is 0 Å². The normalized spacial score (nSPS) is 11.1. The lowest BCUT2D eigenvalue weighted by molar-refractivity contribution is 1.13. The molecule has 0 saturated heterocycles. The third-order valence-electron chi connectivity index (χ3n) is 5.28. The molecule has 3 nitrogen and oxygen atoms in total. The molecule has 0 fully saturated rings. The second-order valence-corrected chi connectivity index (χ2v) is 7.48. The van der Waals surface area contributed by atoms with Crippen molar-refractivity contribution in [2.24, 2.45) is 0 Å². The summed E-state index contributed by atoms with van der Waals surface area (Å²) in [5.41, 5.74) is 9.21. The lowest BCUT2D eigenvalue weighted by Gasteiger charge is -2.17. The maximum absolute atomic E-state index is 4.99. The molecule has 0 aliphatic rings. The zero-order valence-corrected chi connectivity index (χ0v) is 16.6. The molecular weight excluding hydrogens is 330 g/mol. The first-order chi connectivity index (χ1) is 12.9. The predicted octanol–water partition coefficient (Wildman–Crippen LogP) is 6.12. The lowest BCUT2D eigenvalue weighted by Crippen LogP contribution is -2.08. The van der Waals surface area contributed by atoms with Crippen LogP contribution >= 0.6 is 0 Å². The Morgan fingerprint density at radius 2 is 1.52 bits per heavy atom. The monoisotopic (exact) mass is 355 g/mol. The summed E-state index contributed by atoms with van der Waals surface area (Å²) in [4.78, 5) is 7.10. The number of aromatic nitrogens is 1. The summed E-state index contributed by atoms with van der Waals surface area (Å²) in [7, 11) is 4.11. The molecule has 0 bridgehead atoms. The van der Waals surface area contributed by atoms with E-state index in [0.717, 1.165) is 33.2 Å². The molecule has 0 radical (unpaired) electrons. The number of rotatable bonds is 3. The van der Waals surface area contributed by atoms with Gasteiger partial charge in [-0.1, -0.05) is 24.3 Å². The predicted molar refractivity (Wildman–Crippen MR) is 118 cm³/mol. The van der Waals surface area contributed by atoms with E-state index in [1.165, 1.54) is 22.4 Å². The average Bonchev–Trinajstić information content (AvgIpc) is 2.65. The van der Waals surface area contributed by atoms with Gasteiger partial charge in [0.15, 0.2) is 0 Å². The average molecular weight is 355 g/mol. The smallest absolute Gasteiger partial charge is 0.0762 e. The van der Waals surface area contributed by atoms with Crippen LogP contribution in [0.25, 0.3) is 21.8 Å². The van der Waals surface area contributed by atoms with Crippen LogP contribution in [0.2, 0.25) is 0 Å². The van der Waals surface area contributed by atoms with E-state index in [1.807, 2.05) is 0 Å².